The van der Waals surface area contributed by atoms with E-state index in [1.54, 1.807) is 11.6 Å². The van der Waals surface area contributed by atoms with E-state index in [0.29, 0.717) is 16.5 Å². The number of nitrogens with two attached hydrogens (primary N) is 1. The molecule has 2 aromatic heterocycles. The number of hydrogen-bond donors (Lipinski definition) is 1. The van der Waals surface area contributed by atoms with Crippen molar-refractivity contribution < 1.29 is 4.74 Å². The van der Waals surface area contributed by atoms with E-state index >= 15 is 0 Å². The Balaban J connectivity index is 1.52. The monoisotopic (exact) mass is 517 g/mol. The van der Waals surface area contributed by atoms with Gasteiger partial charge < -0.3 is 15.4 Å². The minimum Gasteiger partial charge on any atom is -0.496 e. The number of aryl methyl sites for hydroxylation is 1. The van der Waals surface area contributed by atoms with Crippen LogP contribution in [-0.2, 0) is 0 Å². The highest BCUT2D eigenvalue weighted by Gasteiger charge is 2.26. The molecule has 0 amide bonds. The van der Waals surface area contributed by atoms with Gasteiger partial charge in [0.05, 0.1) is 24.6 Å². The number of ether oxygens (including phenoxy) is 1. The van der Waals surface area contributed by atoms with Crippen molar-refractivity contribution in [3.8, 4) is 28.0 Å². The molecule has 6 nitrogen and oxygen atoms in total. The van der Waals surface area contributed by atoms with Crippen LogP contribution < -0.4 is 15.4 Å². The summed E-state index contributed by atoms with van der Waals surface area (Å²) in [7, 11) is 1.70. The molecule has 0 unspecified atom stereocenters. The summed E-state index contributed by atoms with van der Waals surface area (Å²) in [4.78, 5) is 7.45. The standard InChI is InChI=1S/C30H36ClN5O/c1-5-20(6-2)21-12-14-35(15-13-21)24-10-11-27(37-4)25(17-24)26-18-33-36-29(32)28(19(3)34-30(26)36)22-8-7-9-23(31)16-22/h7-11,16-18,20-21H,5-6,12-15,32H2,1-4H3. The number of methoxy groups -OCH3 is 1. The van der Waals surface area contributed by atoms with Gasteiger partial charge in [0.25, 0.3) is 0 Å². The van der Waals surface area contributed by atoms with Gasteiger partial charge in [0.1, 0.15) is 11.6 Å². The molecule has 3 heterocycles. The topological polar surface area (TPSA) is 68.7 Å². The summed E-state index contributed by atoms with van der Waals surface area (Å²) < 4.78 is 7.49. The van der Waals surface area contributed by atoms with Gasteiger partial charge in [-0.2, -0.15) is 9.61 Å². The number of halogens is 1. The number of piperidine rings is 1. The Hall–Kier alpha value is -3.25. The highest BCUT2D eigenvalue weighted by atomic mass is 35.5. The van der Waals surface area contributed by atoms with Gasteiger partial charge in [0, 0.05) is 34.9 Å². The first kappa shape index (κ1) is 25.4. The van der Waals surface area contributed by atoms with Crippen molar-refractivity contribution in [2.75, 3.05) is 30.8 Å². The fourth-order valence-electron chi connectivity index (χ4n) is 6.01. The molecule has 0 radical (unpaired) electrons. The van der Waals surface area contributed by atoms with Gasteiger partial charge in [-0.3, -0.25) is 0 Å². The summed E-state index contributed by atoms with van der Waals surface area (Å²) in [6, 6.07) is 14.1. The fourth-order valence-corrected chi connectivity index (χ4v) is 6.20. The second-order valence-corrected chi connectivity index (χ2v) is 10.5. The summed E-state index contributed by atoms with van der Waals surface area (Å²) in [5.41, 5.74) is 13.0. The molecule has 37 heavy (non-hydrogen) atoms. The largest absolute Gasteiger partial charge is 0.496 e. The lowest BCUT2D eigenvalue weighted by atomic mass is 9.81. The molecule has 0 aliphatic carbocycles. The summed E-state index contributed by atoms with van der Waals surface area (Å²) in [5.74, 6) is 2.99. The molecule has 0 bridgehead atoms. The number of nitrogens with zero attached hydrogens (tertiary/aromatic N) is 4. The molecule has 2 aromatic carbocycles. The van der Waals surface area contributed by atoms with Crippen LogP contribution in [0.25, 0.3) is 27.9 Å². The van der Waals surface area contributed by atoms with E-state index in [1.807, 2.05) is 37.4 Å². The zero-order chi connectivity index (χ0) is 26.1. The molecule has 5 rings (SSSR count). The first-order valence-electron chi connectivity index (χ1n) is 13.3. The van der Waals surface area contributed by atoms with Crippen LogP contribution in [0, 0.1) is 18.8 Å². The van der Waals surface area contributed by atoms with Gasteiger partial charge in [-0.1, -0.05) is 50.4 Å². The van der Waals surface area contributed by atoms with E-state index < -0.39 is 0 Å². The highest BCUT2D eigenvalue weighted by molar-refractivity contribution is 6.30. The van der Waals surface area contributed by atoms with Crippen molar-refractivity contribution in [1.29, 1.82) is 0 Å². The van der Waals surface area contributed by atoms with E-state index in [-0.39, 0.29) is 0 Å². The third-order valence-electron chi connectivity index (χ3n) is 8.07. The molecule has 4 aromatic rings. The third-order valence-corrected chi connectivity index (χ3v) is 8.31. The Kier molecular flexibility index (Phi) is 7.29. The molecule has 1 fully saturated rings. The lowest BCUT2D eigenvalue weighted by Crippen LogP contribution is -2.36. The van der Waals surface area contributed by atoms with Gasteiger partial charge in [0.15, 0.2) is 5.65 Å². The Bertz CT molecular complexity index is 1400. The van der Waals surface area contributed by atoms with Crippen LogP contribution in [0.5, 0.6) is 5.75 Å². The Morgan fingerprint density at radius 2 is 1.84 bits per heavy atom. The van der Waals surface area contributed by atoms with E-state index in [4.69, 9.17) is 27.1 Å². The number of rotatable bonds is 7. The summed E-state index contributed by atoms with van der Waals surface area (Å²) in [6.07, 6.45) is 6.87. The van der Waals surface area contributed by atoms with Crippen molar-refractivity contribution >= 4 is 28.8 Å². The summed E-state index contributed by atoms with van der Waals surface area (Å²) in [6.45, 7) is 8.78. The molecule has 1 aliphatic rings. The Labute approximate surface area is 224 Å². The number of hydrogen-bond acceptors (Lipinski definition) is 5. The average molecular weight is 518 g/mol. The van der Waals surface area contributed by atoms with Crippen molar-refractivity contribution in [3.63, 3.8) is 0 Å². The predicted molar refractivity (Wildman–Crippen MR) is 154 cm³/mol. The quantitative estimate of drug-likeness (QED) is 0.279. The zero-order valence-corrected chi connectivity index (χ0v) is 22.9. The molecule has 1 aliphatic heterocycles. The van der Waals surface area contributed by atoms with Gasteiger partial charge in [-0.25, -0.2) is 4.98 Å². The predicted octanol–water partition coefficient (Wildman–Crippen LogP) is 7.27. The SMILES string of the molecule is CCC(CC)C1CCN(c2ccc(OC)c(-c3cnn4c(N)c(-c5cccc(Cl)c5)c(C)nc34)c2)CC1. The van der Waals surface area contributed by atoms with Gasteiger partial charge >= 0.3 is 0 Å². The maximum atomic E-state index is 6.65. The van der Waals surface area contributed by atoms with Crippen molar-refractivity contribution in [1.82, 2.24) is 14.6 Å². The number of nitrogen functional groups attached to an aromatic ring is 1. The normalized spacial score (nSPS) is 14.6. The minimum atomic E-state index is 0.537. The van der Waals surface area contributed by atoms with Crippen LogP contribution in [0.2, 0.25) is 5.02 Å². The van der Waals surface area contributed by atoms with E-state index in [0.717, 1.165) is 58.6 Å². The van der Waals surface area contributed by atoms with Crippen molar-refractivity contribution in [3.05, 3.63) is 59.4 Å². The molecule has 0 atom stereocenters. The van der Waals surface area contributed by atoms with Gasteiger partial charge in [-0.15, -0.1) is 0 Å². The molecule has 0 spiro atoms. The van der Waals surface area contributed by atoms with E-state index in [2.05, 4.69) is 42.0 Å². The maximum Gasteiger partial charge on any atom is 0.165 e. The molecule has 7 heteroatoms. The van der Waals surface area contributed by atoms with Crippen molar-refractivity contribution in [2.45, 2.75) is 46.5 Å². The van der Waals surface area contributed by atoms with E-state index in [1.165, 1.54) is 31.4 Å². The molecular formula is C30H36ClN5O. The number of anilines is 2. The summed E-state index contributed by atoms with van der Waals surface area (Å²) in [5, 5.41) is 5.29. The van der Waals surface area contributed by atoms with Crippen molar-refractivity contribution in [2.24, 2.45) is 11.8 Å². The van der Waals surface area contributed by atoms with Gasteiger partial charge in [-0.05, 0) is 67.5 Å². The van der Waals surface area contributed by atoms with Crippen LogP contribution in [0.4, 0.5) is 11.5 Å². The van der Waals surface area contributed by atoms with Crippen LogP contribution >= 0.6 is 11.6 Å². The molecular weight excluding hydrogens is 482 g/mol. The minimum absolute atomic E-state index is 0.537. The lowest BCUT2D eigenvalue weighted by molar-refractivity contribution is 0.260. The second kappa shape index (κ2) is 10.6. The zero-order valence-electron chi connectivity index (χ0n) is 22.2. The van der Waals surface area contributed by atoms with Crippen LogP contribution in [0.3, 0.4) is 0 Å². The molecule has 0 saturated carbocycles. The number of aromatic nitrogens is 3. The third kappa shape index (κ3) is 4.75. The maximum absolute atomic E-state index is 6.65. The molecule has 194 valence electrons. The molecule has 1 saturated heterocycles. The Morgan fingerprint density at radius 1 is 1.08 bits per heavy atom. The van der Waals surface area contributed by atoms with E-state index in [9.17, 15) is 0 Å². The number of benzene rings is 2. The first-order chi connectivity index (χ1) is 17.9. The summed E-state index contributed by atoms with van der Waals surface area (Å²) >= 11 is 6.25. The van der Waals surface area contributed by atoms with Crippen LogP contribution in [0.15, 0.2) is 48.7 Å². The number of fused-ring (bicyclic) bond motifs is 1. The van der Waals surface area contributed by atoms with Crippen LogP contribution in [-0.4, -0.2) is 34.8 Å². The lowest BCUT2D eigenvalue weighted by Gasteiger charge is -2.37. The van der Waals surface area contributed by atoms with Crippen LogP contribution in [0.1, 0.15) is 45.2 Å². The fraction of sp³-hybridized carbons (Fsp3) is 0.400. The average Bonchev–Trinajstić information content (AvgIpc) is 3.33. The first-order valence-corrected chi connectivity index (χ1v) is 13.7. The Morgan fingerprint density at radius 3 is 2.51 bits per heavy atom. The smallest absolute Gasteiger partial charge is 0.165 e. The van der Waals surface area contributed by atoms with Gasteiger partial charge in [0.2, 0.25) is 0 Å². The second-order valence-electron chi connectivity index (χ2n) is 10.0. The highest BCUT2D eigenvalue weighted by Crippen LogP contribution is 2.39. The molecule has 2 N–H and O–H groups in total.